The van der Waals surface area contributed by atoms with Crippen LogP contribution >= 0.6 is 0 Å². The van der Waals surface area contributed by atoms with Gasteiger partial charge in [0.25, 0.3) is 5.69 Å². The van der Waals surface area contributed by atoms with Crippen LogP contribution in [0.5, 0.6) is 0 Å². The normalized spacial score (nSPS) is 10.5. The molecule has 0 aliphatic carbocycles. The number of carbonyl (C=O) groups excluding carboxylic acids is 1. The third-order valence-electron chi connectivity index (χ3n) is 3.16. The molecular weight excluding hydrogens is 294 g/mol. The highest BCUT2D eigenvalue weighted by molar-refractivity contribution is 6.02. The zero-order valence-electron chi connectivity index (χ0n) is 12.9. The summed E-state index contributed by atoms with van der Waals surface area (Å²) in [6, 6.07) is 13.5. The molecule has 0 atom stereocenters. The number of hydrogen-bond donors (Lipinski definition) is 1. The molecule has 1 amide bonds. The number of carbonyl (C=O) groups is 1. The summed E-state index contributed by atoms with van der Waals surface area (Å²) in [4.78, 5) is 24.1. The molecule has 0 unspecified atom stereocenters. The summed E-state index contributed by atoms with van der Waals surface area (Å²) in [5, 5.41) is 13.4. The van der Waals surface area contributed by atoms with E-state index in [1.54, 1.807) is 12.1 Å². The monoisotopic (exact) mass is 311 g/mol. The Morgan fingerprint density at radius 1 is 1.17 bits per heavy atom. The maximum Gasteiger partial charge on any atom is 0.270 e. The van der Waals surface area contributed by atoms with Crippen LogP contribution in [0.1, 0.15) is 5.56 Å². The van der Waals surface area contributed by atoms with E-state index in [2.05, 4.69) is 5.32 Å². The van der Waals surface area contributed by atoms with Crippen molar-refractivity contribution >= 4 is 29.0 Å². The van der Waals surface area contributed by atoms with Crippen LogP contribution in [-0.4, -0.2) is 24.9 Å². The first-order valence-corrected chi connectivity index (χ1v) is 6.96. The molecule has 0 heterocycles. The topological polar surface area (TPSA) is 75.5 Å². The fourth-order valence-corrected chi connectivity index (χ4v) is 1.94. The molecule has 6 heteroatoms. The standard InChI is InChI=1S/C17H17N3O3/c1-19(2)15-9-7-14(8-10-15)18-17(21)11-6-13-4-3-5-16(12-13)20(22)23/h3-12H,1-2H3,(H,18,21)/b11-6+. The molecule has 23 heavy (non-hydrogen) atoms. The van der Waals surface area contributed by atoms with Gasteiger partial charge in [-0.2, -0.15) is 0 Å². The Morgan fingerprint density at radius 3 is 2.48 bits per heavy atom. The van der Waals surface area contributed by atoms with Gasteiger partial charge in [-0.1, -0.05) is 12.1 Å². The van der Waals surface area contributed by atoms with Crippen molar-refractivity contribution < 1.29 is 9.72 Å². The summed E-state index contributed by atoms with van der Waals surface area (Å²) in [6.07, 6.45) is 2.88. The average Bonchev–Trinajstić information content (AvgIpc) is 2.53. The average molecular weight is 311 g/mol. The van der Waals surface area contributed by atoms with Crippen molar-refractivity contribution in [3.05, 3.63) is 70.3 Å². The third-order valence-corrected chi connectivity index (χ3v) is 3.16. The summed E-state index contributed by atoms with van der Waals surface area (Å²) >= 11 is 0. The van der Waals surface area contributed by atoms with Crippen molar-refractivity contribution in [3.8, 4) is 0 Å². The Morgan fingerprint density at radius 2 is 1.87 bits per heavy atom. The molecule has 0 saturated carbocycles. The second kappa shape index (κ2) is 7.22. The van der Waals surface area contributed by atoms with E-state index in [9.17, 15) is 14.9 Å². The zero-order chi connectivity index (χ0) is 16.8. The van der Waals surface area contributed by atoms with Gasteiger partial charge in [0.2, 0.25) is 5.91 Å². The van der Waals surface area contributed by atoms with E-state index in [-0.39, 0.29) is 11.6 Å². The second-order valence-electron chi connectivity index (χ2n) is 5.12. The Bertz CT molecular complexity index is 737. The lowest BCUT2D eigenvalue weighted by Gasteiger charge is -2.12. The molecule has 118 valence electrons. The van der Waals surface area contributed by atoms with Gasteiger partial charge < -0.3 is 10.2 Å². The first-order valence-electron chi connectivity index (χ1n) is 6.96. The largest absolute Gasteiger partial charge is 0.378 e. The van der Waals surface area contributed by atoms with Gasteiger partial charge in [-0.3, -0.25) is 14.9 Å². The van der Waals surface area contributed by atoms with Gasteiger partial charge in [-0.15, -0.1) is 0 Å². The van der Waals surface area contributed by atoms with Crippen LogP contribution in [0.2, 0.25) is 0 Å². The molecule has 2 aromatic rings. The van der Waals surface area contributed by atoms with E-state index in [1.807, 2.05) is 43.3 Å². The minimum Gasteiger partial charge on any atom is -0.378 e. The molecule has 0 aromatic heterocycles. The molecule has 0 radical (unpaired) electrons. The van der Waals surface area contributed by atoms with Crippen molar-refractivity contribution in [2.24, 2.45) is 0 Å². The van der Waals surface area contributed by atoms with Crippen molar-refractivity contribution in [3.63, 3.8) is 0 Å². The minimum absolute atomic E-state index is 0.00756. The Balaban J connectivity index is 2.01. The second-order valence-corrected chi connectivity index (χ2v) is 5.12. The highest BCUT2D eigenvalue weighted by atomic mass is 16.6. The molecule has 2 rings (SSSR count). The number of anilines is 2. The number of nitro benzene ring substituents is 1. The van der Waals surface area contributed by atoms with E-state index >= 15 is 0 Å². The van der Waals surface area contributed by atoms with E-state index in [1.165, 1.54) is 24.3 Å². The molecule has 6 nitrogen and oxygen atoms in total. The number of nitrogens with one attached hydrogen (secondary N) is 1. The van der Waals surface area contributed by atoms with Crippen LogP contribution < -0.4 is 10.2 Å². The summed E-state index contributed by atoms with van der Waals surface area (Å²) in [5.74, 6) is -0.297. The summed E-state index contributed by atoms with van der Waals surface area (Å²) in [5.41, 5.74) is 2.31. The van der Waals surface area contributed by atoms with Crippen LogP contribution in [0.15, 0.2) is 54.6 Å². The van der Waals surface area contributed by atoms with Gasteiger partial charge in [-0.05, 0) is 35.9 Å². The lowest BCUT2D eigenvalue weighted by molar-refractivity contribution is -0.384. The Hall–Kier alpha value is -3.15. The van der Waals surface area contributed by atoms with Crippen molar-refractivity contribution in [2.45, 2.75) is 0 Å². The number of hydrogen-bond acceptors (Lipinski definition) is 4. The molecule has 1 N–H and O–H groups in total. The molecule has 0 bridgehead atoms. The quantitative estimate of drug-likeness (QED) is 0.522. The lowest BCUT2D eigenvalue weighted by Crippen LogP contribution is -2.10. The molecule has 0 saturated heterocycles. The van der Waals surface area contributed by atoms with Crippen LogP contribution in [-0.2, 0) is 4.79 Å². The Kier molecular flexibility index (Phi) is 5.09. The van der Waals surface area contributed by atoms with Crippen LogP contribution in [0, 0.1) is 10.1 Å². The number of rotatable bonds is 5. The van der Waals surface area contributed by atoms with E-state index in [0.717, 1.165) is 5.69 Å². The van der Waals surface area contributed by atoms with Gasteiger partial charge in [0.15, 0.2) is 0 Å². The number of non-ortho nitro benzene ring substituents is 1. The van der Waals surface area contributed by atoms with Gasteiger partial charge in [0, 0.05) is 43.7 Å². The molecule has 2 aromatic carbocycles. The Labute approximate surface area is 134 Å². The fraction of sp³-hybridized carbons (Fsp3) is 0.118. The molecular formula is C17H17N3O3. The number of nitro groups is 1. The number of amides is 1. The zero-order valence-corrected chi connectivity index (χ0v) is 12.9. The van der Waals surface area contributed by atoms with Crippen molar-refractivity contribution in [1.82, 2.24) is 0 Å². The van der Waals surface area contributed by atoms with Crippen LogP contribution in [0.4, 0.5) is 17.1 Å². The first-order chi connectivity index (χ1) is 11.0. The molecule has 0 aliphatic rings. The first kappa shape index (κ1) is 16.2. The smallest absolute Gasteiger partial charge is 0.270 e. The van der Waals surface area contributed by atoms with Crippen LogP contribution in [0.25, 0.3) is 6.08 Å². The molecule has 0 spiro atoms. The lowest BCUT2D eigenvalue weighted by atomic mass is 10.2. The molecule has 0 fully saturated rings. The summed E-state index contributed by atoms with van der Waals surface area (Å²) in [6.45, 7) is 0. The maximum absolute atomic E-state index is 11.9. The summed E-state index contributed by atoms with van der Waals surface area (Å²) < 4.78 is 0. The van der Waals surface area contributed by atoms with Gasteiger partial charge in [-0.25, -0.2) is 0 Å². The van der Waals surface area contributed by atoms with Gasteiger partial charge >= 0.3 is 0 Å². The van der Waals surface area contributed by atoms with E-state index in [4.69, 9.17) is 0 Å². The number of benzene rings is 2. The predicted molar refractivity (Wildman–Crippen MR) is 91.5 cm³/mol. The summed E-state index contributed by atoms with van der Waals surface area (Å²) in [7, 11) is 3.88. The van der Waals surface area contributed by atoms with Gasteiger partial charge in [0.1, 0.15) is 0 Å². The third kappa shape index (κ3) is 4.67. The number of nitrogens with zero attached hydrogens (tertiary/aromatic N) is 2. The van der Waals surface area contributed by atoms with Gasteiger partial charge in [0.05, 0.1) is 4.92 Å². The van der Waals surface area contributed by atoms with E-state index in [0.29, 0.717) is 11.3 Å². The van der Waals surface area contributed by atoms with E-state index < -0.39 is 4.92 Å². The maximum atomic E-state index is 11.9. The predicted octanol–water partition coefficient (Wildman–Crippen LogP) is 3.31. The minimum atomic E-state index is -0.469. The SMILES string of the molecule is CN(C)c1ccc(NC(=O)/C=C/c2cccc([N+](=O)[O-])c2)cc1. The van der Waals surface area contributed by atoms with Crippen molar-refractivity contribution in [1.29, 1.82) is 0 Å². The van der Waals surface area contributed by atoms with Crippen molar-refractivity contribution in [2.75, 3.05) is 24.3 Å². The highest BCUT2D eigenvalue weighted by Gasteiger charge is 2.04. The fourth-order valence-electron chi connectivity index (χ4n) is 1.94. The van der Waals surface area contributed by atoms with Crippen LogP contribution in [0.3, 0.4) is 0 Å². The molecule has 0 aliphatic heterocycles. The highest BCUT2D eigenvalue weighted by Crippen LogP contribution is 2.16.